The van der Waals surface area contributed by atoms with Crippen LogP contribution in [0.3, 0.4) is 0 Å². The number of rotatable bonds is 5. The fourth-order valence-electron chi connectivity index (χ4n) is 7.48. The summed E-state index contributed by atoms with van der Waals surface area (Å²) in [7, 11) is -1.59. The molecule has 0 aromatic heterocycles. The summed E-state index contributed by atoms with van der Waals surface area (Å²) >= 11 is 0. The third-order valence-corrected chi connectivity index (χ3v) is 12.3. The van der Waals surface area contributed by atoms with E-state index in [0.29, 0.717) is 26.8 Å². The lowest BCUT2D eigenvalue weighted by molar-refractivity contribution is 0.372. The summed E-state index contributed by atoms with van der Waals surface area (Å²) in [5, 5.41) is 4.40. The van der Waals surface area contributed by atoms with Crippen molar-refractivity contribution in [2.24, 2.45) is 0 Å². The molecule has 1 aliphatic heterocycles. The van der Waals surface area contributed by atoms with Gasteiger partial charge in [0.25, 0.3) is 0 Å². The highest BCUT2D eigenvalue weighted by molar-refractivity contribution is 7.80. The lowest BCUT2D eigenvalue weighted by Crippen LogP contribution is -2.70. The average molecular weight is 761 g/mol. The number of hydrogen-bond acceptors (Lipinski definition) is 2. The van der Waals surface area contributed by atoms with Crippen LogP contribution < -0.4 is 36.1 Å². The van der Waals surface area contributed by atoms with Gasteiger partial charge in [0.2, 0.25) is 0 Å². The number of benzene rings is 8. The molecule has 1 heterocycles. The third-order valence-electron chi connectivity index (χ3n) is 9.77. The SMILES string of the molecule is Fc1c(F)c(F)c([B-]2(c3c(F)c(F)c(F)c(F)c3F)Oc3c(c4c(P(c5ccccc5)c5ccccc5)ccc5ccc6cccc3c6c54)O2)c(F)c1F. The quantitative estimate of drug-likeness (QED) is 0.0437. The first kappa shape index (κ1) is 34.0. The molecule has 1 aliphatic rings. The predicted molar refractivity (Wildman–Crippen MR) is 188 cm³/mol. The van der Waals surface area contributed by atoms with Crippen molar-refractivity contribution in [1.82, 2.24) is 0 Å². The van der Waals surface area contributed by atoms with Gasteiger partial charge in [-0.15, -0.1) is 0 Å². The highest BCUT2D eigenvalue weighted by Gasteiger charge is 2.53. The Morgan fingerprint density at radius 1 is 0.370 bits per heavy atom. The first-order valence-electron chi connectivity index (χ1n) is 16.2. The highest BCUT2D eigenvalue weighted by atomic mass is 31.1. The average Bonchev–Trinajstić information content (AvgIpc) is 3.59. The van der Waals surface area contributed by atoms with E-state index < -0.39 is 95.1 Å². The summed E-state index contributed by atoms with van der Waals surface area (Å²) in [6.07, 6.45) is 0. The van der Waals surface area contributed by atoms with Gasteiger partial charge in [0.15, 0.2) is 34.9 Å². The summed E-state index contributed by atoms with van der Waals surface area (Å²) in [5.41, 5.74) is -4.16. The molecule has 54 heavy (non-hydrogen) atoms. The maximum atomic E-state index is 16.0. The van der Waals surface area contributed by atoms with Crippen molar-refractivity contribution < 1.29 is 53.2 Å². The molecular formula is C40H17BF10O2P-. The van der Waals surface area contributed by atoms with Crippen molar-refractivity contribution in [3.63, 3.8) is 0 Å². The maximum Gasteiger partial charge on any atom is 0.418 e. The Bertz CT molecular complexity index is 2690. The van der Waals surface area contributed by atoms with Crippen LogP contribution in [0.4, 0.5) is 43.9 Å². The van der Waals surface area contributed by atoms with Crippen LogP contribution in [0.2, 0.25) is 0 Å². The van der Waals surface area contributed by atoms with Crippen LogP contribution in [0.15, 0.2) is 103 Å². The van der Waals surface area contributed by atoms with Gasteiger partial charge in [-0.05, 0) is 45.5 Å². The largest absolute Gasteiger partial charge is 0.673 e. The van der Waals surface area contributed by atoms with E-state index in [2.05, 4.69) is 0 Å². The first-order chi connectivity index (χ1) is 26.0. The predicted octanol–water partition coefficient (Wildman–Crippen LogP) is 8.76. The molecule has 0 unspecified atom stereocenters. The molecule has 0 saturated heterocycles. The zero-order valence-electron chi connectivity index (χ0n) is 26.9. The molecule has 8 aromatic carbocycles. The summed E-state index contributed by atoms with van der Waals surface area (Å²) < 4.78 is 165. The molecule has 0 atom stereocenters. The monoisotopic (exact) mass is 761 g/mol. The van der Waals surface area contributed by atoms with Crippen LogP contribution in [0.25, 0.3) is 32.3 Å². The molecule has 0 amide bonds. The van der Waals surface area contributed by atoms with E-state index in [1.165, 1.54) is 12.1 Å². The van der Waals surface area contributed by atoms with Crippen LogP contribution >= 0.6 is 7.92 Å². The minimum atomic E-state index is -5.05. The standard InChI is InChI=1S/C40H17BF10O2P/c42-29-27(30(43)34(47)37(50)33(29)46)41(28-31(44)35(48)38(51)36(49)32(28)45)52-39-22-13-7-8-18-14-15-19-16-17-23(26(40(39)53-41)25(19)24(18)22)54(20-9-3-1-4-10-20)21-11-5-2-6-12-21/h1-17H/q-1. The highest BCUT2D eigenvalue weighted by Crippen LogP contribution is 2.53. The maximum absolute atomic E-state index is 16.0. The van der Waals surface area contributed by atoms with E-state index >= 15 is 35.1 Å². The topological polar surface area (TPSA) is 18.5 Å². The van der Waals surface area contributed by atoms with Gasteiger partial charge in [-0.1, -0.05) is 103 Å². The van der Waals surface area contributed by atoms with E-state index in [4.69, 9.17) is 9.31 Å². The van der Waals surface area contributed by atoms with E-state index in [9.17, 15) is 8.78 Å². The lowest BCUT2D eigenvalue weighted by atomic mass is 9.45. The van der Waals surface area contributed by atoms with Crippen LogP contribution in [0.5, 0.6) is 11.5 Å². The molecule has 14 heteroatoms. The van der Waals surface area contributed by atoms with Crippen molar-refractivity contribution in [3.8, 4) is 11.5 Å². The van der Waals surface area contributed by atoms with E-state index in [0.717, 1.165) is 10.6 Å². The minimum absolute atomic E-state index is 0.0954. The second-order valence-electron chi connectivity index (χ2n) is 12.6. The van der Waals surface area contributed by atoms with Gasteiger partial charge < -0.3 is 9.31 Å². The first-order valence-corrected chi connectivity index (χ1v) is 17.5. The summed E-state index contributed by atoms with van der Waals surface area (Å²) in [5.74, 6) is -27.2. The van der Waals surface area contributed by atoms with Crippen molar-refractivity contribution in [1.29, 1.82) is 0 Å². The minimum Gasteiger partial charge on any atom is -0.673 e. The van der Waals surface area contributed by atoms with Crippen LogP contribution in [-0.2, 0) is 0 Å². The Hall–Kier alpha value is -5.81. The van der Waals surface area contributed by atoms with Gasteiger partial charge in [0.1, 0.15) is 34.8 Å². The summed E-state index contributed by atoms with van der Waals surface area (Å²) in [6, 6.07) is 30.0. The Morgan fingerprint density at radius 2 is 0.796 bits per heavy atom. The van der Waals surface area contributed by atoms with E-state index in [1.807, 2.05) is 24.3 Å². The fraction of sp³-hybridized carbons (Fsp3) is 0. The summed E-state index contributed by atoms with van der Waals surface area (Å²) in [4.78, 5) is 0. The summed E-state index contributed by atoms with van der Waals surface area (Å²) in [6.45, 7) is -5.05. The Kier molecular flexibility index (Phi) is 7.62. The van der Waals surface area contributed by atoms with Gasteiger partial charge in [-0.3, -0.25) is 0 Å². The van der Waals surface area contributed by atoms with Crippen molar-refractivity contribution in [2.45, 2.75) is 0 Å². The molecule has 0 N–H and O–H groups in total. The van der Waals surface area contributed by atoms with Gasteiger partial charge in [0, 0.05) is 21.5 Å². The van der Waals surface area contributed by atoms with E-state index in [-0.39, 0.29) is 10.8 Å². The second-order valence-corrected chi connectivity index (χ2v) is 14.8. The zero-order chi connectivity index (χ0) is 37.8. The van der Waals surface area contributed by atoms with Gasteiger partial charge in [0.05, 0.1) is 0 Å². The Labute approximate surface area is 299 Å². The molecule has 8 aromatic rings. The molecule has 0 spiro atoms. The second kappa shape index (κ2) is 12.1. The molecule has 0 aliphatic carbocycles. The third kappa shape index (κ3) is 4.54. The van der Waals surface area contributed by atoms with Gasteiger partial charge >= 0.3 is 6.55 Å². The van der Waals surface area contributed by atoms with E-state index in [1.54, 1.807) is 66.7 Å². The Balaban J connectivity index is 1.48. The lowest BCUT2D eigenvalue weighted by Gasteiger charge is -2.38. The van der Waals surface area contributed by atoms with Crippen LogP contribution in [0, 0.1) is 58.2 Å². The van der Waals surface area contributed by atoms with Crippen molar-refractivity contribution >= 4 is 73.6 Å². The Morgan fingerprint density at radius 3 is 1.30 bits per heavy atom. The van der Waals surface area contributed by atoms with Crippen LogP contribution in [0.1, 0.15) is 0 Å². The van der Waals surface area contributed by atoms with Crippen molar-refractivity contribution in [3.05, 3.63) is 161 Å². The molecule has 2 nitrogen and oxygen atoms in total. The molecule has 9 rings (SSSR count). The van der Waals surface area contributed by atoms with Crippen molar-refractivity contribution in [2.75, 3.05) is 0 Å². The van der Waals surface area contributed by atoms with Crippen LogP contribution in [-0.4, -0.2) is 6.55 Å². The number of hydrogen-bond donors (Lipinski definition) is 0. The number of fused-ring (bicyclic) bond motifs is 3. The van der Waals surface area contributed by atoms with Gasteiger partial charge in [-0.2, -0.15) is 0 Å². The molecule has 0 bridgehead atoms. The molecule has 0 radical (unpaired) electrons. The van der Waals surface area contributed by atoms with Gasteiger partial charge in [-0.25, -0.2) is 43.9 Å². The smallest absolute Gasteiger partial charge is 0.418 e. The molecule has 0 fully saturated rings. The molecular weight excluding hydrogens is 744 g/mol. The number of halogens is 10. The molecule has 0 saturated carbocycles. The fourth-order valence-corrected chi connectivity index (χ4v) is 9.94. The molecule has 268 valence electrons. The normalized spacial score (nSPS) is 13.6. The zero-order valence-corrected chi connectivity index (χ0v) is 27.8.